The number of anilines is 1. The monoisotopic (exact) mass is 312 g/mol. The highest BCUT2D eigenvalue weighted by atomic mass is 19.4. The van der Waals surface area contributed by atoms with Crippen LogP contribution in [0.3, 0.4) is 0 Å². The van der Waals surface area contributed by atoms with Gasteiger partial charge in [0, 0.05) is 12.2 Å². The van der Waals surface area contributed by atoms with Gasteiger partial charge in [-0.15, -0.1) is 0 Å². The van der Waals surface area contributed by atoms with Gasteiger partial charge in [0.05, 0.1) is 0 Å². The van der Waals surface area contributed by atoms with Gasteiger partial charge >= 0.3 is 6.18 Å². The fourth-order valence-corrected chi connectivity index (χ4v) is 1.92. The van der Waals surface area contributed by atoms with Crippen molar-refractivity contribution in [3.63, 3.8) is 0 Å². The van der Waals surface area contributed by atoms with Crippen molar-refractivity contribution in [1.82, 2.24) is 14.4 Å². The Hall–Kier alpha value is -2.05. The molecule has 0 saturated carbocycles. The van der Waals surface area contributed by atoms with E-state index >= 15 is 0 Å². The minimum Gasteiger partial charge on any atom is -0.367 e. The van der Waals surface area contributed by atoms with Gasteiger partial charge in [0.2, 0.25) is 5.78 Å². The van der Waals surface area contributed by atoms with E-state index in [1.165, 1.54) is 10.6 Å². The lowest BCUT2D eigenvalue weighted by Crippen LogP contribution is -2.13. The first-order chi connectivity index (χ1) is 10.2. The Morgan fingerprint density at radius 3 is 2.41 bits per heavy atom. The van der Waals surface area contributed by atoms with Crippen molar-refractivity contribution in [2.75, 3.05) is 5.32 Å². The summed E-state index contributed by atoms with van der Waals surface area (Å²) in [5.41, 5.74) is -0.366. The number of imidazole rings is 1. The molecule has 0 atom stereocenters. The van der Waals surface area contributed by atoms with Gasteiger partial charge in [0.1, 0.15) is 17.2 Å². The SMILES string of the molecule is CC(C)/C=C/c1nc2nc(C(F)(F)F)ccn2c1NC(C)C. The summed E-state index contributed by atoms with van der Waals surface area (Å²) in [6, 6.07) is 1.07. The van der Waals surface area contributed by atoms with Crippen LogP contribution in [0.2, 0.25) is 0 Å². The standard InChI is InChI=1S/C15H19F3N4/c1-9(2)5-6-11-13(19-10(3)4)22-8-7-12(15(16,17)18)21-14(22)20-11/h5-10,19H,1-4H3/b6-5+. The van der Waals surface area contributed by atoms with Crippen LogP contribution in [0, 0.1) is 5.92 Å². The molecule has 22 heavy (non-hydrogen) atoms. The summed E-state index contributed by atoms with van der Waals surface area (Å²) in [5, 5.41) is 3.21. The molecule has 0 bridgehead atoms. The smallest absolute Gasteiger partial charge is 0.367 e. The minimum absolute atomic E-state index is 0.0291. The maximum atomic E-state index is 12.8. The maximum Gasteiger partial charge on any atom is 0.433 e. The number of nitrogens with zero attached hydrogens (tertiary/aromatic N) is 3. The molecule has 0 aromatic carbocycles. The summed E-state index contributed by atoms with van der Waals surface area (Å²) in [4.78, 5) is 7.83. The van der Waals surface area contributed by atoms with E-state index in [4.69, 9.17) is 0 Å². The lowest BCUT2D eigenvalue weighted by molar-refractivity contribution is -0.141. The zero-order valence-electron chi connectivity index (χ0n) is 12.9. The van der Waals surface area contributed by atoms with Crippen LogP contribution in [-0.2, 0) is 6.18 Å². The summed E-state index contributed by atoms with van der Waals surface area (Å²) < 4.78 is 39.8. The highest BCUT2D eigenvalue weighted by Gasteiger charge is 2.33. The van der Waals surface area contributed by atoms with Crippen molar-refractivity contribution >= 4 is 17.7 Å². The first-order valence-electron chi connectivity index (χ1n) is 7.09. The van der Waals surface area contributed by atoms with E-state index in [9.17, 15) is 13.2 Å². The molecule has 2 aromatic rings. The molecule has 0 aliphatic heterocycles. The van der Waals surface area contributed by atoms with Crippen LogP contribution in [0.5, 0.6) is 0 Å². The van der Waals surface area contributed by atoms with E-state index in [0.29, 0.717) is 17.4 Å². The third-order valence-corrected chi connectivity index (χ3v) is 2.88. The number of alkyl halides is 3. The number of allylic oxidation sites excluding steroid dienone is 1. The van der Waals surface area contributed by atoms with Crippen LogP contribution >= 0.6 is 0 Å². The van der Waals surface area contributed by atoms with E-state index in [2.05, 4.69) is 15.3 Å². The van der Waals surface area contributed by atoms with Crippen LogP contribution in [0.4, 0.5) is 19.0 Å². The molecule has 0 spiro atoms. The number of aromatic nitrogens is 3. The van der Waals surface area contributed by atoms with Gasteiger partial charge in [0.25, 0.3) is 0 Å². The highest BCUT2D eigenvalue weighted by molar-refractivity contribution is 5.65. The molecule has 2 aromatic heterocycles. The predicted molar refractivity (Wildman–Crippen MR) is 80.6 cm³/mol. The summed E-state index contributed by atoms with van der Waals surface area (Å²) in [6.07, 6.45) is 0.609. The van der Waals surface area contributed by atoms with Gasteiger partial charge in [-0.1, -0.05) is 19.9 Å². The Morgan fingerprint density at radius 1 is 1.18 bits per heavy atom. The van der Waals surface area contributed by atoms with Gasteiger partial charge in [-0.3, -0.25) is 4.40 Å². The predicted octanol–water partition coefficient (Wildman–Crippen LogP) is 4.24. The summed E-state index contributed by atoms with van der Waals surface area (Å²) >= 11 is 0. The summed E-state index contributed by atoms with van der Waals surface area (Å²) in [7, 11) is 0. The van der Waals surface area contributed by atoms with Crippen molar-refractivity contribution in [3.8, 4) is 0 Å². The number of hydrogen-bond acceptors (Lipinski definition) is 3. The molecule has 1 N–H and O–H groups in total. The van der Waals surface area contributed by atoms with E-state index < -0.39 is 11.9 Å². The first-order valence-corrected chi connectivity index (χ1v) is 7.09. The second-order valence-corrected chi connectivity index (χ2v) is 5.73. The number of fused-ring (bicyclic) bond motifs is 1. The highest BCUT2D eigenvalue weighted by Crippen LogP contribution is 2.29. The Morgan fingerprint density at radius 2 is 1.86 bits per heavy atom. The van der Waals surface area contributed by atoms with Gasteiger partial charge in [-0.2, -0.15) is 13.2 Å². The average Bonchev–Trinajstić information content (AvgIpc) is 2.72. The number of rotatable bonds is 4. The molecule has 0 aliphatic rings. The molecule has 0 unspecified atom stereocenters. The Kier molecular flexibility index (Phi) is 4.44. The van der Waals surface area contributed by atoms with E-state index in [1.54, 1.807) is 6.08 Å². The molecule has 0 radical (unpaired) electrons. The molecule has 0 amide bonds. The number of halogens is 3. The molecular weight excluding hydrogens is 293 g/mol. The van der Waals surface area contributed by atoms with E-state index in [-0.39, 0.29) is 11.8 Å². The quantitative estimate of drug-likeness (QED) is 0.918. The Balaban J connectivity index is 2.57. The Bertz CT molecular complexity index is 684. The zero-order valence-corrected chi connectivity index (χ0v) is 12.9. The van der Waals surface area contributed by atoms with Crippen molar-refractivity contribution < 1.29 is 13.2 Å². The van der Waals surface area contributed by atoms with Crippen molar-refractivity contribution in [1.29, 1.82) is 0 Å². The average molecular weight is 312 g/mol. The Labute approximate surface area is 127 Å². The molecule has 2 rings (SSSR count). The summed E-state index contributed by atoms with van der Waals surface area (Å²) in [6.45, 7) is 7.93. The first kappa shape index (κ1) is 16.3. The lowest BCUT2D eigenvalue weighted by atomic mass is 10.2. The van der Waals surface area contributed by atoms with Gasteiger partial charge in [0.15, 0.2) is 0 Å². The van der Waals surface area contributed by atoms with Crippen LogP contribution in [0.25, 0.3) is 11.9 Å². The van der Waals surface area contributed by atoms with Gasteiger partial charge in [-0.25, -0.2) is 9.97 Å². The van der Waals surface area contributed by atoms with Gasteiger partial charge < -0.3 is 5.32 Å². The second kappa shape index (κ2) is 5.98. The largest absolute Gasteiger partial charge is 0.433 e. The zero-order chi connectivity index (χ0) is 16.5. The van der Waals surface area contributed by atoms with Crippen LogP contribution in [0.1, 0.15) is 39.1 Å². The second-order valence-electron chi connectivity index (χ2n) is 5.73. The number of hydrogen-bond donors (Lipinski definition) is 1. The summed E-state index contributed by atoms with van der Waals surface area (Å²) in [5.74, 6) is 0.986. The molecule has 120 valence electrons. The molecule has 0 aliphatic carbocycles. The third kappa shape index (κ3) is 3.58. The third-order valence-electron chi connectivity index (χ3n) is 2.88. The normalized spacial score (nSPS) is 13.0. The number of nitrogens with one attached hydrogen (secondary N) is 1. The minimum atomic E-state index is -4.48. The van der Waals surface area contributed by atoms with Crippen molar-refractivity contribution in [3.05, 3.63) is 29.7 Å². The molecule has 2 heterocycles. The van der Waals surface area contributed by atoms with Crippen molar-refractivity contribution in [2.24, 2.45) is 5.92 Å². The lowest BCUT2D eigenvalue weighted by Gasteiger charge is -2.11. The molecular formula is C15H19F3N4. The molecule has 7 heteroatoms. The fraction of sp³-hybridized carbons (Fsp3) is 0.467. The van der Waals surface area contributed by atoms with Gasteiger partial charge in [-0.05, 0) is 31.9 Å². The van der Waals surface area contributed by atoms with Crippen LogP contribution in [-0.4, -0.2) is 20.4 Å². The van der Waals surface area contributed by atoms with Crippen LogP contribution < -0.4 is 5.32 Å². The topological polar surface area (TPSA) is 42.2 Å². The molecule has 0 fully saturated rings. The fourth-order valence-electron chi connectivity index (χ4n) is 1.92. The van der Waals surface area contributed by atoms with Crippen LogP contribution in [0.15, 0.2) is 18.3 Å². The molecule has 4 nitrogen and oxygen atoms in total. The molecule has 0 saturated heterocycles. The van der Waals surface area contributed by atoms with E-state index in [0.717, 1.165) is 6.07 Å². The van der Waals surface area contributed by atoms with Crippen molar-refractivity contribution in [2.45, 2.75) is 39.9 Å². The maximum absolute atomic E-state index is 12.8. The van der Waals surface area contributed by atoms with E-state index in [1.807, 2.05) is 33.8 Å².